The molecule has 0 unspecified atom stereocenters. The zero-order valence-corrected chi connectivity index (χ0v) is 15.8. The summed E-state index contributed by atoms with van der Waals surface area (Å²) in [5, 5.41) is 9.21. The van der Waals surface area contributed by atoms with Gasteiger partial charge in [0.05, 0.1) is 22.3 Å². The largest absolute Gasteiger partial charge is 0.274 e. The highest BCUT2D eigenvalue weighted by molar-refractivity contribution is 7.92. The molecule has 0 spiro atoms. The number of aryl methyl sites for hydroxylation is 2. The summed E-state index contributed by atoms with van der Waals surface area (Å²) < 4.78 is 30.4. The van der Waals surface area contributed by atoms with Crippen molar-refractivity contribution in [1.29, 1.82) is 0 Å². The van der Waals surface area contributed by atoms with Crippen LogP contribution in [0.4, 0.5) is 5.82 Å². The lowest BCUT2D eigenvalue weighted by molar-refractivity contribution is 0.600. The molecule has 3 rings (SSSR count). The van der Waals surface area contributed by atoms with Gasteiger partial charge in [0.25, 0.3) is 10.0 Å². The van der Waals surface area contributed by atoms with Crippen LogP contribution in [-0.2, 0) is 23.6 Å². The van der Waals surface area contributed by atoms with Crippen molar-refractivity contribution in [3.05, 3.63) is 58.0 Å². The molecule has 0 amide bonds. The zero-order chi connectivity index (χ0) is 18.2. The number of halogens is 2. The summed E-state index contributed by atoms with van der Waals surface area (Å²) in [5.74, 6) is 0.225. The molecule has 0 saturated carbocycles. The SMILES string of the molecule is Cc1nn(C)cc1S(=O)(=O)Nc1ccn(Cc2ccc(Cl)c(Cl)c2)n1. The van der Waals surface area contributed by atoms with E-state index in [-0.39, 0.29) is 10.7 Å². The van der Waals surface area contributed by atoms with Crippen LogP contribution in [0.2, 0.25) is 10.0 Å². The van der Waals surface area contributed by atoms with Gasteiger partial charge in [0.2, 0.25) is 0 Å². The lowest BCUT2D eigenvalue weighted by Crippen LogP contribution is -2.14. The second-order valence-corrected chi connectivity index (χ2v) is 7.97. The molecule has 132 valence electrons. The summed E-state index contributed by atoms with van der Waals surface area (Å²) in [6.07, 6.45) is 3.13. The van der Waals surface area contributed by atoms with Crippen molar-refractivity contribution in [3.8, 4) is 0 Å². The number of rotatable bonds is 5. The molecule has 10 heteroatoms. The fourth-order valence-corrected chi connectivity index (χ4v) is 3.90. The number of benzene rings is 1. The summed E-state index contributed by atoms with van der Waals surface area (Å²) in [6.45, 7) is 2.07. The van der Waals surface area contributed by atoms with Gasteiger partial charge in [0.15, 0.2) is 5.82 Å². The Morgan fingerprint density at radius 3 is 2.56 bits per heavy atom. The third kappa shape index (κ3) is 3.97. The van der Waals surface area contributed by atoms with E-state index in [1.54, 1.807) is 43.0 Å². The first-order valence-corrected chi connectivity index (χ1v) is 9.49. The Hall–Kier alpha value is -2.03. The Morgan fingerprint density at radius 2 is 1.92 bits per heavy atom. The third-order valence-corrected chi connectivity index (χ3v) is 5.66. The van der Waals surface area contributed by atoms with Crippen molar-refractivity contribution in [2.75, 3.05) is 4.72 Å². The van der Waals surface area contributed by atoms with E-state index in [4.69, 9.17) is 23.2 Å². The minimum absolute atomic E-state index is 0.119. The molecule has 7 nitrogen and oxygen atoms in total. The van der Waals surface area contributed by atoms with Crippen molar-refractivity contribution < 1.29 is 8.42 Å². The second-order valence-electron chi connectivity index (χ2n) is 5.50. The van der Waals surface area contributed by atoms with E-state index < -0.39 is 10.0 Å². The van der Waals surface area contributed by atoms with E-state index >= 15 is 0 Å². The first kappa shape index (κ1) is 17.8. The van der Waals surface area contributed by atoms with E-state index in [9.17, 15) is 8.42 Å². The van der Waals surface area contributed by atoms with Crippen molar-refractivity contribution in [1.82, 2.24) is 19.6 Å². The average Bonchev–Trinajstić information content (AvgIpc) is 3.09. The highest BCUT2D eigenvalue weighted by Crippen LogP contribution is 2.23. The van der Waals surface area contributed by atoms with Gasteiger partial charge >= 0.3 is 0 Å². The first-order chi connectivity index (χ1) is 11.7. The molecular weight excluding hydrogens is 385 g/mol. The van der Waals surface area contributed by atoms with E-state index in [2.05, 4.69) is 14.9 Å². The number of aromatic nitrogens is 4. The first-order valence-electron chi connectivity index (χ1n) is 7.25. The summed E-state index contributed by atoms with van der Waals surface area (Å²) in [6, 6.07) is 6.87. The van der Waals surface area contributed by atoms with Gasteiger partial charge in [-0.25, -0.2) is 8.42 Å². The van der Waals surface area contributed by atoms with Crippen LogP contribution in [0.25, 0.3) is 0 Å². The fourth-order valence-electron chi connectivity index (χ4n) is 2.36. The molecule has 0 aliphatic rings. The number of hydrogen-bond donors (Lipinski definition) is 1. The molecule has 0 atom stereocenters. The van der Waals surface area contributed by atoms with E-state index in [0.29, 0.717) is 22.3 Å². The van der Waals surface area contributed by atoms with Crippen LogP contribution in [0.1, 0.15) is 11.3 Å². The molecule has 2 aromatic heterocycles. The molecule has 0 radical (unpaired) electrons. The van der Waals surface area contributed by atoms with Gasteiger partial charge in [0.1, 0.15) is 4.90 Å². The molecule has 1 aromatic carbocycles. The lowest BCUT2D eigenvalue weighted by Gasteiger charge is -2.05. The Balaban J connectivity index is 1.77. The quantitative estimate of drug-likeness (QED) is 0.714. The molecule has 0 bridgehead atoms. The van der Waals surface area contributed by atoms with Crippen LogP contribution in [0.15, 0.2) is 41.6 Å². The average molecular weight is 400 g/mol. The maximum absolute atomic E-state index is 12.4. The molecule has 1 N–H and O–H groups in total. The standard InChI is InChI=1S/C15H15Cl2N5O2S/c1-10-14(9-21(2)18-10)25(23,24)20-15-5-6-22(19-15)8-11-3-4-12(16)13(17)7-11/h3-7,9H,8H2,1-2H3,(H,19,20). The fraction of sp³-hybridized carbons (Fsp3) is 0.200. The summed E-state index contributed by atoms with van der Waals surface area (Å²) >= 11 is 11.9. The van der Waals surface area contributed by atoms with E-state index in [1.165, 1.54) is 10.9 Å². The van der Waals surface area contributed by atoms with Crippen LogP contribution in [-0.4, -0.2) is 28.0 Å². The Morgan fingerprint density at radius 1 is 1.16 bits per heavy atom. The molecule has 3 aromatic rings. The molecule has 0 fully saturated rings. The minimum Gasteiger partial charge on any atom is -0.274 e. The number of sulfonamides is 1. The predicted octanol–water partition coefficient (Wildman–Crippen LogP) is 3.08. The molecule has 25 heavy (non-hydrogen) atoms. The number of nitrogens with zero attached hydrogens (tertiary/aromatic N) is 4. The van der Waals surface area contributed by atoms with E-state index in [0.717, 1.165) is 5.56 Å². The maximum Gasteiger partial charge on any atom is 0.266 e. The van der Waals surface area contributed by atoms with Gasteiger partial charge in [0, 0.05) is 25.5 Å². The lowest BCUT2D eigenvalue weighted by atomic mass is 10.2. The monoisotopic (exact) mass is 399 g/mol. The smallest absolute Gasteiger partial charge is 0.266 e. The topological polar surface area (TPSA) is 81.8 Å². The molecular formula is C15H15Cl2N5O2S. The van der Waals surface area contributed by atoms with Crippen LogP contribution < -0.4 is 4.72 Å². The highest BCUT2D eigenvalue weighted by Gasteiger charge is 2.20. The van der Waals surface area contributed by atoms with Gasteiger partial charge < -0.3 is 0 Å². The summed E-state index contributed by atoms with van der Waals surface area (Å²) in [5.41, 5.74) is 1.32. The van der Waals surface area contributed by atoms with Crippen LogP contribution in [0, 0.1) is 6.92 Å². The number of anilines is 1. The van der Waals surface area contributed by atoms with E-state index in [1.807, 2.05) is 6.07 Å². The summed E-state index contributed by atoms with van der Waals surface area (Å²) in [7, 11) is -2.08. The second kappa shape index (κ2) is 6.70. The van der Waals surface area contributed by atoms with Crippen molar-refractivity contribution >= 4 is 39.0 Å². The van der Waals surface area contributed by atoms with Gasteiger partial charge in [-0.3, -0.25) is 14.1 Å². The van der Waals surface area contributed by atoms with Crippen molar-refractivity contribution in [2.45, 2.75) is 18.4 Å². The van der Waals surface area contributed by atoms with Crippen LogP contribution in [0.3, 0.4) is 0 Å². The zero-order valence-electron chi connectivity index (χ0n) is 13.4. The van der Waals surface area contributed by atoms with Crippen molar-refractivity contribution in [3.63, 3.8) is 0 Å². The van der Waals surface area contributed by atoms with Crippen LogP contribution in [0.5, 0.6) is 0 Å². The number of nitrogens with one attached hydrogen (secondary N) is 1. The normalized spacial score (nSPS) is 11.7. The third-order valence-electron chi connectivity index (χ3n) is 3.47. The van der Waals surface area contributed by atoms with Gasteiger partial charge in [-0.15, -0.1) is 0 Å². The Labute approximate surface area is 155 Å². The molecule has 0 saturated heterocycles. The van der Waals surface area contributed by atoms with Gasteiger partial charge in [-0.1, -0.05) is 29.3 Å². The van der Waals surface area contributed by atoms with Crippen LogP contribution >= 0.6 is 23.2 Å². The number of hydrogen-bond acceptors (Lipinski definition) is 4. The minimum atomic E-state index is -3.74. The summed E-state index contributed by atoms with van der Waals surface area (Å²) in [4.78, 5) is 0.119. The van der Waals surface area contributed by atoms with Gasteiger partial charge in [-0.05, 0) is 24.6 Å². The Bertz CT molecular complexity index is 1030. The molecule has 2 heterocycles. The molecule has 0 aliphatic heterocycles. The highest BCUT2D eigenvalue weighted by atomic mass is 35.5. The van der Waals surface area contributed by atoms with Gasteiger partial charge in [-0.2, -0.15) is 10.2 Å². The predicted molar refractivity (Wildman–Crippen MR) is 96.5 cm³/mol. The Kier molecular flexibility index (Phi) is 4.77. The molecule has 0 aliphatic carbocycles. The maximum atomic E-state index is 12.4. The van der Waals surface area contributed by atoms with Crippen molar-refractivity contribution in [2.24, 2.45) is 7.05 Å².